The van der Waals surface area contributed by atoms with E-state index >= 15 is 0 Å². The summed E-state index contributed by atoms with van der Waals surface area (Å²) in [6.07, 6.45) is 3.46. The summed E-state index contributed by atoms with van der Waals surface area (Å²) in [7, 11) is 0. The number of carbonyl (C=O) groups is 1. The number of aliphatic hydroxyl groups excluding tert-OH is 1. The van der Waals surface area contributed by atoms with Crippen LogP contribution in [0.2, 0.25) is 0 Å². The Morgan fingerprint density at radius 2 is 2.12 bits per heavy atom. The largest absolute Gasteiger partial charge is 0.393 e. The van der Waals surface area contributed by atoms with Gasteiger partial charge in [-0.1, -0.05) is 30.3 Å². The zero-order valence-electron chi connectivity index (χ0n) is 9.39. The van der Waals surface area contributed by atoms with Crippen molar-refractivity contribution in [2.24, 2.45) is 0 Å². The van der Waals surface area contributed by atoms with E-state index in [0.717, 1.165) is 5.56 Å². The summed E-state index contributed by atoms with van der Waals surface area (Å²) >= 11 is 0. The topological polar surface area (TPSA) is 49.3 Å². The summed E-state index contributed by atoms with van der Waals surface area (Å²) in [6.45, 7) is 2.20. The Morgan fingerprint density at radius 3 is 2.75 bits per heavy atom. The third-order valence-corrected chi connectivity index (χ3v) is 2.09. The van der Waals surface area contributed by atoms with Crippen LogP contribution in [0.15, 0.2) is 36.4 Å². The molecular weight excluding hydrogens is 202 g/mol. The second kappa shape index (κ2) is 6.80. The van der Waals surface area contributed by atoms with Crippen LogP contribution in [-0.4, -0.2) is 23.7 Å². The molecule has 1 amide bonds. The van der Waals surface area contributed by atoms with Gasteiger partial charge in [-0.05, 0) is 25.0 Å². The Hall–Kier alpha value is -1.61. The maximum Gasteiger partial charge on any atom is 0.244 e. The highest BCUT2D eigenvalue weighted by Crippen LogP contribution is 2.00. The van der Waals surface area contributed by atoms with Crippen LogP contribution in [0.25, 0.3) is 6.08 Å². The van der Waals surface area contributed by atoms with Crippen LogP contribution in [-0.2, 0) is 4.79 Å². The molecule has 0 heterocycles. The quantitative estimate of drug-likeness (QED) is 0.739. The smallest absolute Gasteiger partial charge is 0.244 e. The van der Waals surface area contributed by atoms with Gasteiger partial charge in [0.1, 0.15) is 0 Å². The first kappa shape index (κ1) is 12.5. The number of hydrogen-bond donors (Lipinski definition) is 2. The van der Waals surface area contributed by atoms with Crippen LogP contribution in [0.5, 0.6) is 0 Å². The number of aliphatic hydroxyl groups is 1. The van der Waals surface area contributed by atoms with Crippen molar-refractivity contribution in [1.82, 2.24) is 5.32 Å². The second-order valence-electron chi connectivity index (χ2n) is 3.67. The molecule has 1 atom stereocenters. The summed E-state index contributed by atoms with van der Waals surface area (Å²) in [5, 5.41) is 11.7. The van der Waals surface area contributed by atoms with E-state index in [4.69, 9.17) is 5.11 Å². The zero-order chi connectivity index (χ0) is 11.8. The van der Waals surface area contributed by atoms with Gasteiger partial charge in [-0.15, -0.1) is 0 Å². The van der Waals surface area contributed by atoms with E-state index in [2.05, 4.69) is 5.32 Å². The Balaban J connectivity index is 2.32. The van der Waals surface area contributed by atoms with Crippen LogP contribution in [0.1, 0.15) is 18.9 Å². The van der Waals surface area contributed by atoms with Crippen LogP contribution < -0.4 is 5.32 Å². The maximum atomic E-state index is 11.3. The van der Waals surface area contributed by atoms with Gasteiger partial charge in [0.25, 0.3) is 0 Å². The molecule has 86 valence electrons. The number of carbonyl (C=O) groups excluding carboxylic acids is 1. The lowest BCUT2D eigenvalue weighted by Gasteiger charge is -2.03. The van der Waals surface area contributed by atoms with E-state index in [1.807, 2.05) is 30.3 Å². The SMILES string of the molecule is CC(O)CCNC(=O)C=Cc1ccccc1. The molecule has 3 nitrogen and oxygen atoms in total. The third-order valence-electron chi connectivity index (χ3n) is 2.09. The lowest BCUT2D eigenvalue weighted by atomic mass is 10.2. The molecule has 0 saturated carbocycles. The lowest BCUT2D eigenvalue weighted by Crippen LogP contribution is -2.24. The number of nitrogens with one attached hydrogen (secondary N) is 1. The molecule has 0 aliphatic carbocycles. The van der Waals surface area contributed by atoms with Gasteiger partial charge in [-0.25, -0.2) is 0 Å². The standard InChI is InChI=1S/C13H17NO2/c1-11(15)9-10-14-13(16)8-7-12-5-3-2-4-6-12/h2-8,11,15H,9-10H2,1H3,(H,14,16). The Kier molecular flexibility index (Phi) is 5.29. The molecular formula is C13H17NO2. The van der Waals surface area contributed by atoms with Gasteiger partial charge in [-0.3, -0.25) is 4.79 Å². The average Bonchev–Trinajstić information content (AvgIpc) is 2.27. The summed E-state index contributed by atoms with van der Waals surface area (Å²) in [6, 6.07) is 9.63. The number of rotatable bonds is 5. The van der Waals surface area contributed by atoms with E-state index in [-0.39, 0.29) is 12.0 Å². The molecule has 0 aliphatic heterocycles. The monoisotopic (exact) mass is 219 g/mol. The molecule has 0 aliphatic rings. The Labute approximate surface area is 95.8 Å². The van der Waals surface area contributed by atoms with Gasteiger partial charge >= 0.3 is 0 Å². The molecule has 1 unspecified atom stereocenters. The van der Waals surface area contributed by atoms with Gasteiger partial charge in [-0.2, -0.15) is 0 Å². The fourth-order valence-electron chi connectivity index (χ4n) is 1.20. The molecule has 3 heteroatoms. The van der Waals surface area contributed by atoms with E-state index in [9.17, 15) is 4.79 Å². The molecule has 0 aromatic heterocycles. The number of hydrogen-bond acceptors (Lipinski definition) is 2. The van der Waals surface area contributed by atoms with Crippen LogP contribution in [0, 0.1) is 0 Å². The molecule has 1 aromatic rings. The molecule has 0 spiro atoms. The van der Waals surface area contributed by atoms with Gasteiger partial charge in [0.15, 0.2) is 0 Å². The van der Waals surface area contributed by atoms with Gasteiger partial charge in [0, 0.05) is 12.6 Å². The molecule has 1 aromatic carbocycles. The predicted octanol–water partition coefficient (Wildman–Crippen LogP) is 1.59. The molecule has 1 rings (SSSR count). The molecule has 0 radical (unpaired) electrons. The summed E-state index contributed by atoms with van der Waals surface area (Å²) in [5.74, 6) is -0.135. The maximum absolute atomic E-state index is 11.3. The fraction of sp³-hybridized carbons (Fsp3) is 0.308. The highest BCUT2D eigenvalue weighted by molar-refractivity contribution is 5.91. The van der Waals surface area contributed by atoms with Crippen molar-refractivity contribution in [2.45, 2.75) is 19.4 Å². The van der Waals surface area contributed by atoms with E-state index in [1.54, 1.807) is 13.0 Å². The van der Waals surface area contributed by atoms with E-state index in [0.29, 0.717) is 13.0 Å². The van der Waals surface area contributed by atoms with Crippen LogP contribution in [0.4, 0.5) is 0 Å². The van der Waals surface area contributed by atoms with Gasteiger partial charge in [0.2, 0.25) is 5.91 Å². The first-order chi connectivity index (χ1) is 7.68. The predicted molar refractivity (Wildman–Crippen MR) is 64.8 cm³/mol. The summed E-state index contributed by atoms with van der Waals surface area (Å²) in [4.78, 5) is 11.3. The van der Waals surface area contributed by atoms with Gasteiger partial charge in [0.05, 0.1) is 6.10 Å². The lowest BCUT2D eigenvalue weighted by molar-refractivity contribution is -0.116. The molecule has 2 N–H and O–H groups in total. The highest BCUT2D eigenvalue weighted by atomic mass is 16.3. The number of benzene rings is 1. The number of amides is 1. The molecule has 16 heavy (non-hydrogen) atoms. The Morgan fingerprint density at radius 1 is 1.44 bits per heavy atom. The van der Waals surface area contributed by atoms with Crippen molar-refractivity contribution < 1.29 is 9.90 Å². The third kappa shape index (κ3) is 5.32. The van der Waals surface area contributed by atoms with Crippen molar-refractivity contribution in [2.75, 3.05) is 6.54 Å². The average molecular weight is 219 g/mol. The minimum absolute atomic E-state index is 0.135. The Bertz CT molecular complexity index is 344. The van der Waals surface area contributed by atoms with E-state index in [1.165, 1.54) is 6.08 Å². The van der Waals surface area contributed by atoms with Crippen LogP contribution >= 0.6 is 0 Å². The van der Waals surface area contributed by atoms with Crippen molar-refractivity contribution >= 4 is 12.0 Å². The van der Waals surface area contributed by atoms with Crippen molar-refractivity contribution in [3.8, 4) is 0 Å². The van der Waals surface area contributed by atoms with Crippen LogP contribution in [0.3, 0.4) is 0 Å². The highest BCUT2D eigenvalue weighted by Gasteiger charge is 1.97. The van der Waals surface area contributed by atoms with E-state index < -0.39 is 0 Å². The molecule has 0 fully saturated rings. The van der Waals surface area contributed by atoms with Gasteiger partial charge < -0.3 is 10.4 Å². The second-order valence-corrected chi connectivity index (χ2v) is 3.67. The first-order valence-electron chi connectivity index (χ1n) is 5.37. The molecule has 0 bridgehead atoms. The van der Waals surface area contributed by atoms with Crippen molar-refractivity contribution in [3.05, 3.63) is 42.0 Å². The minimum atomic E-state index is -0.376. The first-order valence-corrected chi connectivity index (χ1v) is 5.37. The van der Waals surface area contributed by atoms with Crippen molar-refractivity contribution in [1.29, 1.82) is 0 Å². The normalized spacial score (nSPS) is 12.6. The minimum Gasteiger partial charge on any atom is -0.393 e. The zero-order valence-corrected chi connectivity index (χ0v) is 9.39. The molecule has 0 saturated heterocycles. The summed E-state index contributed by atoms with van der Waals surface area (Å²) < 4.78 is 0. The summed E-state index contributed by atoms with van der Waals surface area (Å²) in [5.41, 5.74) is 0.994. The fourth-order valence-corrected chi connectivity index (χ4v) is 1.20. The van der Waals surface area contributed by atoms with Crippen molar-refractivity contribution in [3.63, 3.8) is 0 Å².